The Balaban J connectivity index is 1.71. The smallest absolute Gasteiger partial charge is 0.239 e. The number of anilines is 1. The Morgan fingerprint density at radius 3 is 2.54 bits per heavy atom. The average molecular weight is 347 g/mol. The Hall–Kier alpha value is -2.05. The number of ether oxygens (including phenoxy) is 2. The Labute approximate surface area is 142 Å². The van der Waals surface area contributed by atoms with E-state index in [1.807, 2.05) is 37.3 Å². The van der Waals surface area contributed by atoms with Crippen LogP contribution in [0.25, 0.3) is 0 Å². The van der Waals surface area contributed by atoms with Gasteiger partial charge in [-0.15, -0.1) is 0 Å². The molecule has 0 aliphatic carbocycles. The van der Waals surface area contributed by atoms with Crippen LogP contribution in [0.15, 0.2) is 48.5 Å². The second-order valence-electron chi connectivity index (χ2n) is 5.93. The van der Waals surface area contributed by atoms with Crippen molar-refractivity contribution in [3.05, 3.63) is 59.7 Å². The van der Waals surface area contributed by atoms with Crippen LogP contribution >= 0.6 is 0 Å². The number of para-hydroxylation sites is 1. The van der Waals surface area contributed by atoms with Gasteiger partial charge in [0.25, 0.3) is 0 Å². The molecule has 1 unspecified atom stereocenters. The predicted molar refractivity (Wildman–Crippen MR) is 93.9 cm³/mol. The van der Waals surface area contributed by atoms with Crippen molar-refractivity contribution in [3.8, 4) is 5.75 Å². The molecule has 0 bridgehead atoms. The van der Waals surface area contributed by atoms with Gasteiger partial charge in [0.05, 0.1) is 18.0 Å². The van der Waals surface area contributed by atoms with Crippen molar-refractivity contribution in [2.45, 2.75) is 18.8 Å². The Bertz CT molecular complexity index is 801. The van der Waals surface area contributed by atoms with Gasteiger partial charge in [-0.05, 0) is 36.2 Å². The number of hydrogen-bond acceptors (Lipinski definition) is 4. The topological polar surface area (TPSA) is 59.1 Å². The molecule has 5 nitrogen and oxygen atoms in total. The van der Waals surface area contributed by atoms with Gasteiger partial charge < -0.3 is 9.47 Å². The monoisotopic (exact) mass is 347 g/mol. The van der Waals surface area contributed by atoms with Gasteiger partial charge in [0.1, 0.15) is 18.5 Å². The number of sulfonamides is 1. The molecule has 1 aliphatic rings. The fourth-order valence-electron chi connectivity index (χ4n) is 2.42. The van der Waals surface area contributed by atoms with Crippen LogP contribution in [0.2, 0.25) is 0 Å². The lowest BCUT2D eigenvalue weighted by Gasteiger charge is -2.19. The normalized spacial score (nSPS) is 16.7. The number of benzene rings is 2. The van der Waals surface area contributed by atoms with Crippen molar-refractivity contribution in [2.75, 3.05) is 24.6 Å². The summed E-state index contributed by atoms with van der Waals surface area (Å²) in [5.74, 6) is 0.716. The molecule has 0 saturated carbocycles. The summed E-state index contributed by atoms with van der Waals surface area (Å²) in [4.78, 5) is 0. The average Bonchev–Trinajstić information content (AvgIpc) is 3.38. The van der Waals surface area contributed by atoms with E-state index in [4.69, 9.17) is 9.47 Å². The van der Waals surface area contributed by atoms with E-state index in [0.29, 0.717) is 12.3 Å². The molecule has 3 rings (SSSR count). The van der Waals surface area contributed by atoms with E-state index in [9.17, 15) is 8.42 Å². The van der Waals surface area contributed by atoms with Crippen molar-refractivity contribution >= 4 is 15.7 Å². The van der Waals surface area contributed by atoms with Gasteiger partial charge in [0, 0.05) is 7.05 Å². The quantitative estimate of drug-likeness (QED) is 0.723. The summed E-state index contributed by atoms with van der Waals surface area (Å²) in [6, 6.07) is 14.5. The van der Waals surface area contributed by atoms with Crippen molar-refractivity contribution in [1.29, 1.82) is 0 Å². The fraction of sp³-hybridized carbons (Fsp3) is 0.333. The number of aryl methyl sites for hydroxylation is 1. The molecule has 0 spiro atoms. The second-order valence-corrected chi connectivity index (χ2v) is 7.93. The van der Waals surface area contributed by atoms with Gasteiger partial charge in [-0.25, -0.2) is 8.42 Å². The molecule has 0 radical (unpaired) electrons. The summed E-state index contributed by atoms with van der Waals surface area (Å²) < 4.78 is 37.3. The minimum atomic E-state index is -3.44. The number of epoxide rings is 1. The summed E-state index contributed by atoms with van der Waals surface area (Å²) >= 11 is 0. The Morgan fingerprint density at radius 2 is 1.92 bits per heavy atom. The first-order valence-corrected chi connectivity index (χ1v) is 9.42. The third-order valence-corrected chi connectivity index (χ3v) is 5.70. The maximum atomic E-state index is 12.6. The predicted octanol–water partition coefficient (Wildman–Crippen LogP) is 2.74. The maximum absolute atomic E-state index is 12.6. The minimum absolute atomic E-state index is 0.0503. The van der Waals surface area contributed by atoms with Crippen LogP contribution in [-0.2, 0) is 20.5 Å². The first-order chi connectivity index (χ1) is 11.5. The molecular weight excluding hydrogens is 326 g/mol. The first-order valence-electron chi connectivity index (χ1n) is 7.81. The van der Waals surface area contributed by atoms with Crippen molar-refractivity contribution < 1.29 is 17.9 Å². The number of hydrogen-bond donors (Lipinski definition) is 0. The standard InChI is InChI=1S/C18H21NO4S/c1-14-10-15(8-9-18(14)23-12-17-11-22-17)13-24(20,21)19(2)16-6-4-3-5-7-16/h3-10,17H,11-13H2,1-2H3. The number of nitrogens with zero attached hydrogens (tertiary/aromatic N) is 1. The van der Waals surface area contributed by atoms with Crippen molar-refractivity contribution in [3.63, 3.8) is 0 Å². The molecule has 1 aliphatic heterocycles. The molecule has 2 aromatic rings. The highest BCUT2D eigenvalue weighted by Crippen LogP contribution is 2.24. The van der Waals surface area contributed by atoms with E-state index in [1.54, 1.807) is 25.2 Å². The van der Waals surface area contributed by atoms with E-state index in [0.717, 1.165) is 23.5 Å². The second kappa shape index (κ2) is 6.83. The Morgan fingerprint density at radius 1 is 1.21 bits per heavy atom. The van der Waals surface area contributed by atoms with E-state index >= 15 is 0 Å². The molecule has 1 atom stereocenters. The molecule has 1 fully saturated rings. The minimum Gasteiger partial charge on any atom is -0.491 e. The van der Waals surface area contributed by atoms with Crippen LogP contribution in [-0.4, -0.2) is 34.8 Å². The van der Waals surface area contributed by atoms with Crippen LogP contribution in [0.1, 0.15) is 11.1 Å². The molecule has 128 valence electrons. The zero-order chi connectivity index (χ0) is 17.2. The van der Waals surface area contributed by atoms with E-state index in [-0.39, 0.29) is 11.9 Å². The zero-order valence-electron chi connectivity index (χ0n) is 13.8. The largest absolute Gasteiger partial charge is 0.491 e. The van der Waals surface area contributed by atoms with E-state index < -0.39 is 10.0 Å². The number of rotatable bonds is 7. The fourth-order valence-corrected chi connectivity index (χ4v) is 3.65. The zero-order valence-corrected chi connectivity index (χ0v) is 14.6. The highest BCUT2D eigenvalue weighted by molar-refractivity contribution is 7.92. The van der Waals surface area contributed by atoms with Crippen LogP contribution in [0, 0.1) is 6.92 Å². The molecule has 24 heavy (non-hydrogen) atoms. The summed E-state index contributed by atoms with van der Waals surface area (Å²) in [6.07, 6.45) is 0.198. The lowest BCUT2D eigenvalue weighted by Crippen LogP contribution is -2.27. The summed E-state index contributed by atoms with van der Waals surface area (Å²) in [5.41, 5.74) is 2.31. The van der Waals surface area contributed by atoms with Crippen LogP contribution in [0.3, 0.4) is 0 Å². The van der Waals surface area contributed by atoms with Crippen LogP contribution in [0.4, 0.5) is 5.69 Å². The Kier molecular flexibility index (Phi) is 4.78. The summed E-state index contributed by atoms with van der Waals surface area (Å²) in [6.45, 7) is 3.20. The van der Waals surface area contributed by atoms with Gasteiger partial charge in [-0.3, -0.25) is 4.31 Å². The summed E-state index contributed by atoms with van der Waals surface area (Å²) in [5, 5.41) is 0. The SMILES string of the molecule is Cc1cc(CS(=O)(=O)N(C)c2ccccc2)ccc1OCC1CO1. The third kappa shape index (κ3) is 4.07. The molecular formula is C18H21NO4S. The van der Waals surface area contributed by atoms with Crippen molar-refractivity contribution in [2.24, 2.45) is 0 Å². The van der Waals surface area contributed by atoms with E-state index in [2.05, 4.69) is 0 Å². The molecule has 6 heteroatoms. The van der Waals surface area contributed by atoms with Gasteiger partial charge in [-0.1, -0.05) is 30.3 Å². The lowest BCUT2D eigenvalue weighted by atomic mass is 10.1. The molecule has 2 aromatic carbocycles. The third-order valence-electron chi connectivity index (χ3n) is 3.95. The molecule has 0 amide bonds. The van der Waals surface area contributed by atoms with Crippen LogP contribution in [0.5, 0.6) is 5.75 Å². The van der Waals surface area contributed by atoms with Gasteiger partial charge in [0.2, 0.25) is 10.0 Å². The van der Waals surface area contributed by atoms with Gasteiger partial charge in [-0.2, -0.15) is 0 Å². The van der Waals surface area contributed by atoms with Crippen LogP contribution < -0.4 is 9.04 Å². The molecule has 0 aromatic heterocycles. The van der Waals surface area contributed by atoms with Gasteiger partial charge >= 0.3 is 0 Å². The van der Waals surface area contributed by atoms with Crippen molar-refractivity contribution in [1.82, 2.24) is 0 Å². The molecule has 1 heterocycles. The van der Waals surface area contributed by atoms with E-state index in [1.165, 1.54) is 4.31 Å². The highest BCUT2D eigenvalue weighted by Gasteiger charge is 2.23. The molecule has 0 N–H and O–H groups in total. The lowest BCUT2D eigenvalue weighted by molar-refractivity contribution is 0.261. The molecule has 1 saturated heterocycles. The highest BCUT2D eigenvalue weighted by atomic mass is 32.2. The maximum Gasteiger partial charge on any atom is 0.239 e. The van der Waals surface area contributed by atoms with Gasteiger partial charge in [0.15, 0.2) is 0 Å². The first kappa shape index (κ1) is 16.8. The summed E-state index contributed by atoms with van der Waals surface area (Å²) in [7, 11) is -1.87.